The van der Waals surface area contributed by atoms with Crippen LogP contribution in [0, 0.1) is 6.92 Å². The highest BCUT2D eigenvalue weighted by Gasteiger charge is 2.18. The lowest BCUT2D eigenvalue weighted by atomic mass is 10.2. The van der Waals surface area contributed by atoms with Crippen molar-refractivity contribution in [2.24, 2.45) is 0 Å². The van der Waals surface area contributed by atoms with Gasteiger partial charge in [0.2, 0.25) is 10.0 Å². The highest BCUT2D eigenvalue weighted by atomic mass is 35.5. The van der Waals surface area contributed by atoms with Crippen LogP contribution in [-0.4, -0.2) is 23.1 Å². The van der Waals surface area contributed by atoms with Crippen LogP contribution in [0.5, 0.6) is 0 Å². The zero-order chi connectivity index (χ0) is 18.1. The summed E-state index contributed by atoms with van der Waals surface area (Å²) in [4.78, 5) is 0.0458. The summed E-state index contributed by atoms with van der Waals surface area (Å²) in [5.74, 6) is 0. The predicted molar refractivity (Wildman–Crippen MR) is 96.9 cm³/mol. The fraction of sp³-hybridized carbons (Fsp3) is 0.143. The van der Waals surface area contributed by atoms with E-state index in [2.05, 4.69) is 9.44 Å². The van der Waals surface area contributed by atoms with E-state index in [1.807, 2.05) is 0 Å². The minimum Gasteiger partial charge on any atom is -0.282 e. The number of hydrogen-bond donors (Lipinski definition) is 2. The van der Waals surface area contributed by atoms with Gasteiger partial charge in [-0.2, -0.15) is 0 Å². The second-order valence-corrected chi connectivity index (χ2v) is 9.33. The maximum Gasteiger partial charge on any atom is 0.262 e. The number of hydrogen-bond acceptors (Lipinski definition) is 4. The van der Waals surface area contributed by atoms with Crippen molar-refractivity contribution in [3.8, 4) is 0 Å². The van der Waals surface area contributed by atoms with E-state index in [1.54, 1.807) is 19.1 Å². The van der Waals surface area contributed by atoms with Crippen LogP contribution in [0.3, 0.4) is 0 Å². The van der Waals surface area contributed by atoms with Crippen molar-refractivity contribution in [3.63, 3.8) is 0 Å². The van der Waals surface area contributed by atoms with Crippen molar-refractivity contribution in [2.45, 2.75) is 11.8 Å². The summed E-state index contributed by atoms with van der Waals surface area (Å²) in [5, 5.41) is 0.357. The Hall–Kier alpha value is -1.48. The average molecular weight is 409 g/mol. The average Bonchev–Trinajstić information content (AvgIpc) is 2.43. The van der Waals surface area contributed by atoms with Crippen molar-refractivity contribution < 1.29 is 16.8 Å². The molecule has 2 N–H and O–H groups in total. The molecule has 0 aromatic heterocycles. The number of rotatable bonds is 5. The molecule has 130 valence electrons. The first-order valence-corrected chi connectivity index (χ1v) is 10.7. The van der Waals surface area contributed by atoms with Crippen molar-refractivity contribution in [3.05, 3.63) is 52.0 Å². The number of benzene rings is 2. The molecular formula is C14H14Cl2N2O4S2. The Morgan fingerprint density at radius 2 is 1.58 bits per heavy atom. The molecule has 24 heavy (non-hydrogen) atoms. The molecule has 0 bridgehead atoms. The van der Waals surface area contributed by atoms with Crippen LogP contribution < -0.4 is 9.44 Å². The summed E-state index contributed by atoms with van der Waals surface area (Å²) in [7, 11) is -7.35. The summed E-state index contributed by atoms with van der Waals surface area (Å²) < 4.78 is 52.0. The topological polar surface area (TPSA) is 92.3 Å². The van der Waals surface area contributed by atoms with Crippen LogP contribution >= 0.6 is 23.2 Å². The van der Waals surface area contributed by atoms with Gasteiger partial charge < -0.3 is 0 Å². The molecule has 0 saturated carbocycles. The lowest BCUT2D eigenvalue weighted by molar-refractivity contribution is 0.600. The van der Waals surface area contributed by atoms with Gasteiger partial charge in [0.15, 0.2) is 0 Å². The molecule has 0 spiro atoms. The van der Waals surface area contributed by atoms with E-state index in [-0.39, 0.29) is 21.3 Å². The molecular weight excluding hydrogens is 395 g/mol. The van der Waals surface area contributed by atoms with Crippen molar-refractivity contribution in [1.82, 2.24) is 0 Å². The maximum absolute atomic E-state index is 12.5. The molecule has 0 aliphatic rings. The molecule has 2 rings (SSSR count). The second-order valence-electron chi connectivity index (χ2n) is 5.08. The number of halogens is 2. The van der Waals surface area contributed by atoms with Gasteiger partial charge in [-0.1, -0.05) is 29.3 Å². The summed E-state index contributed by atoms with van der Waals surface area (Å²) in [6, 6.07) is 8.62. The monoisotopic (exact) mass is 408 g/mol. The third-order valence-corrected chi connectivity index (χ3v) is 5.62. The Morgan fingerprint density at radius 3 is 2.17 bits per heavy atom. The minimum absolute atomic E-state index is 0.0458. The standard InChI is InChI=1S/C14H14Cl2N2O4S2/c1-9-3-4-10(15)7-14(9)24(21,22)17-11-5-6-13(12(16)8-11)18-23(2,19)20/h3-8,17-18H,1-2H3. The molecule has 0 aliphatic carbocycles. The zero-order valence-corrected chi connectivity index (χ0v) is 15.8. The van der Waals surface area contributed by atoms with Crippen LogP contribution in [0.1, 0.15) is 5.56 Å². The van der Waals surface area contributed by atoms with E-state index in [1.165, 1.54) is 24.3 Å². The first kappa shape index (κ1) is 18.9. The first-order chi connectivity index (χ1) is 11.0. The Balaban J connectivity index is 2.34. The van der Waals surface area contributed by atoms with Gasteiger partial charge in [0, 0.05) is 5.02 Å². The number of anilines is 2. The Kier molecular flexibility index (Phi) is 5.34. The van der Waals surface area contributed by atoms with Crippen LogP contribution in [0.25, 0.3) is 0 Å². The van der Waals surface area contributed by atoms with Crippen molar-refractivity contribution in [1.29, 1.82) is 0 Å². The quantitative estimate of drug-likeness (QED) is 0.791. The minimum atomic E-state index is -3.86. The fourth-order valence-corrected chi connectivity index (χ4v) is 4.35. The second kappa shape index (κ2) is 6.79. The van der Waals surface area contributed by atoms with E-state index < -0.39 is 20.0 Å². The predicted octanol–water partition coefficient (Wildman–Crippen LogP) is 3.47. The van der Waals surface area contributed by atoms with Gasteiger partial charge in [-0.25, -0.2) is 16.8 Å². The lowest BCUT2D eigenvalue weighted by Gasteiger charge is -2.12. The largest absolute Gasteiger partial charge is 0.282 e. The van der Waals surface area contributed by atoms with Crippen LogP contribution in [0.2, 0.25) is 10.0 Å². The lowest BCUT2D eigenvalue weighted by Crippen LogP contribution is -2.14. The van der Waals surface area contributed by atoms with E-state index >= 15 is 0 Å². The maximum atomic E-state index is 12.5. The van der Waals surface area contributed by atoms with Gasteiger partial charge in [-0.3, -0.25) is 9.44 Å². The zero-order valence-electron chi connectivity index (χ0n) is 12.7. The molecule has 6 nitrogen and oxygen atoms in total. The molecule has 0 unspecified atom stereocenters. The molecule has 0 aliphatic heterocycles. The van der Waals surface area contributed by atoms with Gasteiger partial charge in [0.25, 0.3) is 10.0 Å². The van der Waals surface area contributed by atoms with Crippen molar-refractivity contribution >= 4 is 54.6 Å². The Labute approximate surface area is 150 Å². The summed E-state index contributed by atoms with van der Waals surface area (Å²) in [6.45, 7) is 1.65. The smallest absolute Gasteiger partial charge is 0.262 e. The van der Waals surface area contributed by atoms with Gasteiger partial charge in [0.1, 0.15) is 0 Å². The van der Waals surface area contributed by atoms with Gasteiger partial charge >= 0.3 is 0 Å². The van der Waals surface area contributed by atoms with Gasteiger partial charge in [0.05, 0.1) is 27.5 Å². The van der Waals surface area contributed by atoms with Gasteiger partial charge in [-0.15, -0.1) is 0 Å². The van der Waals surface area contributed by atoms with E-state index in [0.29, 0.717) is 10.6 Å². The highest BCUT2D eigenvalue weighted by molar-refractivity contribution is 7.92. The summed E-state index contributed by atoms with van der Waals surface area (Å²) in [5.41, 5.74) is 0.882. The molecule has 10 heteroatoms. The molecule has 2 aromatic carbocycles. The fourth-order valence-electron chi connectivity index (χ4n) is 1.93. The molecule has 0 atom stereocenters. The molecule has 0 amide bonds. The van der Waals surface area contributed by atoms with Crippen molar-refractivity contribution in [2.75, 3.05) is 15.7 Å². The molecule has 2 aromatic rings. The Bertz CT molecular complexity index is 990. The third-order valence-electron chi connectivity index (χ3n) is 2.96. The number of nitrogens with one attached hydrogen (secondary N) is 2. The molecule has 0 saturated heterocycles. The normalized spacial score (nSPS) is 12.0. The summed E-state index contributed by atoms with van der Waals surface area (Å²) in [6.07, 6.45) is 0.988. The summed E-state index contributed by atoms with van der Waals surface area (Å²) >= 11 is 11.8. The van der Waals surface area contributed by atoms with Crippen LogP contribution in [0.15, 0.2) is 41.3 Å². The van der Waals surface area contributed by atoms with Gasteiger partial charge in [-0.05, 0) is 42.8 Å². The van der Waals surface area contributed by atoms with Crippen LogP contribution in [-0.2, 0) is 20.0 Å². The Morgan fingerprint density at radius 1 is 0.917 bits per heavy atom. The number of sulfonamides is 2. The SMILES string of the molecule is Cc1ccc(Cl)cc1S(=O)(=O)Nc1ccc(NS(C)(=O)=O)c(Cl)c1. The van der Waals surface area contributed by atoms with E-state index in [0.717, 1.165) is 6.26 Å². The first-order valence-electron chi connectivity index (χ1n) is 6.54. The van der Waals surface area contributed by atoms with E-state index in [9.17, 15) is 16.8 Å². The highest BCUT2D eigenvalue weighted by Crippen LogP contribution is 2.28. The molecule has 0 radical (unpaired) electrons. The third kappa shape index (κ3) is 4.76. The molecule has 0 fully saturated rings. The van der Waals surface area contributed by atoms with E-state index in [4.69, 9.17) is 23.2 Å². The molecule has 0 heterocycles. The van der Waals surface area contributed by atoms with Crippen LogP contribution in [0.4, 0.5) is 11.4 Å². The number of aryl methyl sites for hydroxylation is 1.